The Morgan fingerprint density at radius 1 is 1.00 bits per heavy atom. The molecule has 0 nitrogen and oxygen atoms in total. The summed E-state index contributed by atoms with van der Waals surface area (Å²) < 4.78 is 0. The van der Waals surface area contributed by atoms with Gasteiger partial charge in [-0.05, 0) is 0 Å². The van der Waals surface area contributed by atoms with Gasteiger partial charge in [-0.25, -0.2) is 0 Å². The average Bonchev–Trinajstić information content (AvgIpc) is 2.23. The summed E-state index contributed by atoms with van der Waals surface area (Å²) in [7, 11) is 0. The van der Waals surface area contributed by atoms with Gasteiger partial charge >= 0.3 is 0 Å². The maximum atomic E-state index is 4.00. The van der Waals surface area contributed by atoms with Gasteiger partial charge in [0.1, 0.15) is 0 Å². The molecule has 2 aromatic rings. The minimum atomic E-state index is 0. The van der Waals surface area contributed by atoms with Crippen LogP contribution in [-0.4, -0.2) is 0 Å². The first kappa shape index (κ1) is 12.5. The van der Waals surface area contributed by atoms with Crippen molar-refractivity contribution < 1.29 is 32.7 Å². The molecule has 0 bridgehead atoms. The Hall–Kier alpha value is -0.586. The van der Waals surface area contributed by atoms with Crippen LogP contribution in [0.2, 0.25) is 0 Å². The van der Waals surface area contributed by atoms with E-state index >= 15 is 0 Å². The van der Waals surface area contributed by atoms with Gasteiger partial charge in [-0.3, -0.25) is 0 Å². The molecule has 0 aliphatic heterocycles. The normalized spacial score (nSPS) is 9.33. The zero-order valence-corrected chi connectivity index (χ0v) is 11.4. The van der Waals surface area contributed by atoms with Crippen molar-refractivity contribution in [3.8, 4) is 0 Å². The molecule has 0 aliphatic rings. The van der Waals surface area contributed by atoms with E-state index in [4.69, 9.17) is 0 Å². The van der Waals surface area contributed by atoms with E-state index in [2.05, 4.69) is 25.1 Å². The predicted molar refractivity (Wildman–Crippen MR) is 59.0 cm³/mol. The van der Waals surface area contributed by atoms with Gasteiger partial charge in [0.05, 0.1) is 0 Å². The summed E-state index contributed by atoms with van der Waals surface area (Å²) in [6.07, 6.45) is 0.917. The zero-order chi connectivity index (χ0) is 9.80. The second-order valence-electron chi connectivity index (χ2n) is 3.33. The number of rotatable bonds is 2. The minimum absolute atomic E-state index is 0. The molecule has 0 saturated carbocycles. The fraction of sp³-hybridized carbons (Fsp3) is 0.0714. The molecule has 0 amide bonds. The summed E-state index contributed by atoms with van der Waals surface area (Å²) in [5, 5.41) is 0. The van der Waals surface area contributed by atoms with Crippen molar-refractivity contribution >= 4 is 0 Å². The fourth-order valence-electron chi connectivity index (χ4n) is 1.48. The molecule has 0 aliphatic carbocycles. The average molecular weight is 269 g/mol. The van der Waals surface area contributed by atoms with E-state index in [0.717, 1.165) is 12.0 Å². The van der Waals surface area contributed by atoms with Crippen molar-refractivity contribution in [1.29, 1.82) is 0 Å². The molecule has 0 saturated heterocycles. The summed E-state index contributed by atoms with van der Waals surface area (Å²) in [6, 6.07) is 19.5. The predicted octanol–water partition coefficient (Wildman–Crippen LogP) is 3.26. The number of hydrogen-bond donors (Lipinski definition) is 0. The van der Waals surface area contributed by atoms with E-state index in [1.54, 1.807) is 0 Å². The van der Waals surface area contributed by atoms with E-state index in [9.17, 15) is 0 Å². The van der Waals surface area contributed by atoms with Crippen LogP contribution in [0.15, 0.2) is 48.5 Å². The van der Waals surface area contributed by atoms with Crippen LogP contribution in [-0.2, 0) is 39.1 Å². The van der Waals surface area contributed by atoms with Crippen LogP contribution in [0, 0.1) is 13.0 Å². The van der Waals surface area contributed by atoms with Crippen LogP contribution < -0.4 is 0 Å². The summed E-state index contributed by atoms with van der Waals surface area (Å²) in [6.45, 7) is 4.00. The van der Waals surface area contributed by atoms with Gasteiger partial charge in [-0.15, -0.1) is 17.7 Å². The molecular formula is C14H12Y-2. The molecule has 0 N–H and O–H groups in total. The monoisotopic (exact) mass is 269 g/mol. The maximum absolute atomic E-state index is 4.00. The first-order valence-electron chi connectivity index (χ1n) is 4.72. The van der Waals surface area contributed by atoms with Gasteiger partial charge < -0.3 is 0 Å². The summed E-state index contributed by atoms with van der Waals surface area (Å²) in [4.78, 5) is 0. The van der Waals surface area contributed by atoms with E-state index < -0.39 is 0 Å². The Morgan fingerprint density at radius 3 is 2.40 bits per heavy atom. The summed E-state index contributed by atoms with van der Waals surface area (Å²) >= 11 is 0. The molecule has 0 unspecified atom stereocenters. The molecule has 0 spiro atoms. The third-order valence-electron chi connectivity index (χ3n) is 2.27. The Kier molecular flexibility index (Phi) is 5.07. The smallest absolute Gasteiger partial charge is 0 e. The second-order valence-corrected chi connectivity index (χ2v) is 3.33. The largest absolute Gasteiger partial charge is 0.198 e. The summed E-state index contributed by atoms with van der Waals surface area (Å²) in [5.74, 6) is 0. The Balaban J connectivity index is 0.00000112. The van der Waals surface area contributed by atoms with Crippen molar-refractivity contribution in [1.82, 2.24) is 0 Å². The van der Waals surface area contributed by atoms with Crippen LogP contribution in [0.1, 0.15) is 16.7 Å². The molecular weight excluding hydrogens is 257 g/mol. The maximum Gasteiger partial charge on any atom is 0 e. The van der Waals surface area contributed by atoms with E-state index in [-0.39, 0.29) is 32.7 Å². The quantitative estimate of drug-likeness (QED) is 0.734. The first-order valence-corrected chi connectivity index (χ1v) is 4.72. The Bertz CT molecular complexity index is 407. The van der Waals surface area contributed by atoms with E-state index in [1.807, 2.05) is 36.4 Å². The van der Waals surface area contributed by atoms with Crippen LogP contribution in [0.5, 0.6) is 0 Å². The molecule has 1 radical (unpaired) electrons. The molecule has 1 heteroatoms. The van der Waals surface area contributed by atoms with Crippen molar-refractivity contribution in [2.75, 3.05) is 0 Å². The van der Waals surface area contributed by atoms with Crippen LogP contribution in [0.4, 0.5) is 0 Å². The van der Waals surface area contributed by atoms with Crippen molar-refractivity contribution in [3.63, 3.8) is 0 Å². The van der Waals surface area contributed by atoms with Crippen molar-refractivity contribution in [2.45, 2.75) is 6.42 Å². The van der Waals surface area contributed by atoms with Gasteiger partial charge in [0.25, 0.3) is 0 Å². The number of benzene rings is 2. The molecule has 0 aromatic heterocycles. The van der Waals surface area contributed by atoms with Crippen LogP contribution in [0.3, 0.4) is 0 Å². The van der Waals surface area contributed by atoms with Crippen molar-refractivity contribution in [2.24, 2.45) is 0 Å². The van der Waals surface area contributed by atoms with E-state index in [1.165, 1.54) is 11.1 Å². The van der Waals surface area contributed by atoms with Gasteiger partial charge in [-0.1, -0.05) is 12.5 Å². The Labute approximate surface area is 117 Å². The van der Waals surface area contributed by atoms with Gasteiger partial charge in [-0.2, -0.15) is 54.4 Å². The first-order chi connectivity index (χ1) is 6.86. The zero-order valence-electron chi connectivity index (χ0n) is 8.61. The molecule has 73 valence electrons. The molecule has 0 heterocycles. The van der Waals surface area contributed by atoms with Gasteiger partial charge in [0.15, 0.2) is 0 Å². The van der Waals surface area contributed by atoms with Gasteiger partial charge in [0.2, 0.25) is 0 Å². The van der Waals surface area contributed by atoms with Crippen LogP contribution >= 0.6 is 0 Å². The van der Waals surface area contributed by atoms with Crippen LogP contribution in [0.25, 0.3) is 0 Å². The minimum Gasteiger partial charge on any atom is -0.198 e. The third kappa shape index (κ3) is 3.48. The third-order valence-corrected chi connectivity index (χ3v) is 2.27. The molecule has 2 aromatic carbocycles. The Morgan fingerprint density at radius 2 is 1.73 bits per heavy atom. The summed E-state index contributed by atoms with van der Waals surface area (Å²) in [5.41, 5.74) is 3.59. The molecule has 0 fully saturated rings. The SMILES string of the molecule is [CH2-]c1ccccc1Cc1[c-]cccc1.[Y]. The molecule has 0 atom stereocenters. The fourth-order valence-corrected chi connectivity index (χ4v) is 1.48. The topological polar surface area (TPSA) is 0 Å². The molecule has 2 rings (SSSR count). The van der Waals surface area contributed by atoms with E-state index in [0.29, 0.717) is 0 Å². The van der Waals surface area contributed by atoms with Gasteiger partial charge in [0, 0.05) is 32.7 Å². The van der Waals surface area contributed by atoms with Crippen molar-refractivity contribution in [3.05, 3.63) is 78.2 Å². The second kappa shape index (κ2) is 6.10. The number of hydrogen-bond acceptors (Lipinski definition) is 0. The standard InChI is InChI=1S/C14H12.Y/c1-12-7-5-6-10-14(12)11-13-8-3-2-4-9-13;/h2-8,10H,1,11H2;/q-2;. The molecule has 15 heavy (non-hydrogen) atoms.